The molecule has 0 spiro atoms. The largest absolute Gasteiger partial charge is 0.348 e. The lowest BCUT2D eigenvalue weighted by Gasteiger charge is -2.26. The van der Waals surface area contributed by atoms with Gasteiger partial charge in [0.05, 0.1) is 16.6 Å². The van der Waals surface area contributed by atoms with E-state index in [1.54, 1.807) is 12.1 Å². The van der Waals surface area contributed by atoms with Crippen molar-refractivity contribution in [2.24, 2.45) is 0 Å². The van der Waals surface area contributed by atoms with Gasteiger partial charge in [0.2, 0.25) is 5.91 Å². The van der Waals surface area contributed by atoms with Crippen molar-refractivity contribution < 1.29 is 13.2 Å². The lowest BCUT2D eigenvalue weighted by atomic mass is 10.1. The van der Waals surface area contributed by atoms with Gasteiger partial charge in [-0.05, 0) is 67.3 Å². The second kappa shape index (κ2) is 10.2. The molecule has 0 aliphatic heterocycles. The number of carbonyl (C=O) groups is 1. The molecule has 32 heavy (non-hydrogen) atoms. The van der Waals surface area contributed by atoms with Crippen LogP contribution < -0.4 is 9.62 Å². The number of anilines is 1. The molecule has 0 heterocycles. The molecule has 3 aromatic carbocycles. The summed E-state index contributed by atoms with van der Waals surface area (Å²) >= 11 is 5.93. The monoisotopic (exact) mass is 470 g/mol. The molecular weight excluding hydrogens is 444 g/mol. The molecule has 5 nitrogen and oxygen atoms in total. The molecular formula is C25H27ClN2O3S. The van der Waals surface area contributed by atoms with Crippen LogP contribution in [0, 0.1) is 6.92 Å². The molecule has 3 aromatic rings. The van der Waals surface area contributed by atoms with E-state index in [1.807, 2.05) is 50.2 Å². The highest BCUT2D eigenvalue weighted by molar-refractivity contribution is 7.92. The summed E-state index contributed by atoms with van der Waals surface area (Å²) in [6.07, 6.45) is 0.939. The van der Waals surface area contributed by atoms with E-state index in [4.69, 9.17) is 11.6 Å². The number of hydrogen-bond donors (Lipinski definition) is 1. The van der Waals surface area contributed by atoms with Crippen molar-refractivity contribution in [1.29, 1.82) is 0 Å². The van der Waals surface area contributed by atoms with Crippen LogP contribution in [0.3, 0.4) is 0 Å². The van der Waals surface area contributed by atoms with E-state index in [2.05, 4.69) is 12.2 Å². The molecule has 0 aromatic heterocycles. The quantitative estimate of drug-likeness (QED) is 0.486. The highest BCUT2D eigenvalue weighted by Gasteiger charge is 2.28. The number of nitrogens with one attached hydrogen (secondary N) is 1. The summed E-state index contributed by atoms with van der Waals surface area (Å²) in [5, 5.41) is 3.36. The predicted octanol–water partition coefficient (Wildman–Crippen LogP) is 5.28. The molecule has 3 rings (SSSR count). The maximum absolute atomic E-state index is 13.5. The Bertz CT molecular complexity index is 1180. The standard InChI is InChI=1S/C25H27ClN2O3S/c1-4-20-9-11-21(12-10-20)19(3)27-25(29)17-28(24-8-6-5-7-18(24)2)32(30,31)23-15-13-22(26)14-16-23/h5-16,19H,4,17H2,1-3H3,(H,27,29)/t19-/m1/s1. The second-order valence-corrected chi connectivity index (χ2v) is 9.94. The number of sulfonamides is 1. The van der Waals surface area contributed by atoms with Crippen LogP contribution in [0.2, 0.25) is 5.02 Å². The van der Waals surface area contributed by atoms with Gasteiger partial charge in [0.25, 0.3) is 10.0 Å². The van der Waals surface area contributed by atoms with Gasteiger partial charge in [-0.2, -0.15) is 0 Å². The Morgan fingerprint density at radius 1 is 1.00 bits per heavy atom. The van der Waals surface area contributed by atoms with Crippen molar-refractivity contribution in [3.05, 3.63) is 94.5 Å². The van der Waals surface area contributed by atoms with E-state index in [0.29, 0.717) is 10.7 Å². The number of aryl methyl sites for hydroxylation is 2. The number of rotatable bonds is 8. The molecule has 0 bridgehead atoms. The Kier molecular flexibility index (Phi) is 7.59. The third-order valence-electron chi connectivity index (χ3n) is 5.34. The smallest absolute Gasteiger partial charge is 0.264 e. The van der Waals surface area contributed by atoms with Gasteiger partial charge in [-0.1, -0.05) is 61.0 Å². The normalized spacial score (nSPS) is 12.2. The molecule has 0 saturated carbocycles. The fraction of sp³-hybridized carbons (Fsp3) is 0.240. The van der Waals surface area contributed by atoms with Crippen LogP contribution in [-0.4, -0.2) is 20.9 Å². The van der Waals surface area contributed by atoms with E-state index in [9.17, 15) is 13.2 Å². The first-order chi connectivity index (χ1) is 15.2. The van der Waals surface area contributed by atoms with Crippen molar-refractivity contribution in [3.63, 3.8) is 0 Å². The molecule has 0 fully saturated rings. The molecule has 1 N–H and O–H groups in total. The third-order valence-corrected chi connectivity index (χ3v) is 7.36. The minimum Gasteiger partial charge on any atom is -0.348 e. The van der Waals surface area contributed by atoms with Crippen LogP contribution in [0.1, 0.15) is 36.6 Å². The van der Waals surface area contributed by atoms with E-state index >= 15 is 0 Å². The summed E-state index contributed by atoms with van der Waals surface area (Å²) in [6.45, 7) is 5.44. The van der Waals surface area contributed by atoms with Crippen molar-refractivity contribution in [2.75, 3.05) is 10.8 Å². The molecule has 1 atom stereocenters. The average molecular weight is 471 g/mol. The maximum Gasteiger partial charge on any atom is 0.264 e. The highest BCUT2D eigenvalue weighted by atomic mass is 35.5. The fourth-order valence-electron chi connectivity index (χ4n) is 3.42. The summed E-state index contributed by atoms with van der Waals surface area (Å²) in [5.74, 6) is -0.391. The molecule has 0 aliphatic carbocycles. The second-order valence-electron chi connectivity index (χ2n) is 7.64. The Morgan fingerprint density at radius 2 is 1.62 bits per heavy atom. The van der Waals surface area contributed by atoms with Crippen LogP contribution in [0.15, 0.2) is 77.7 Å². The highest BCUT2D eigenvalue weighted by Crippen LogP contribution is 2.27. The Balaban J connectivity index is 1.87. The Hall–Kier alpha value is -2.83. The number of halogens is 1. The molecule has 0 aliphatic rings. The minimum atomic E-state index is -3.98. The summed E-state index contributed by atoms with van der Waals surface area (Å²) < 4.78 is 28.1. The van der Waals surface area contributed by atoms with Crippen molar-refractivity contribution in [1.82, 2.24) is 5.32 Å². The van der Waals surface area contributed by atoms with Crippen molar-refractivity contribution in [3.8, 4) is 0 Å². The van der Waals surface area contributed by atoms with Gasteiger partial charge in [-0.25, -0.2) is 8.42 Å². The van der Waals surface area contributed by atoms with Crippen LogP contribution >= 0.6 is 11.6 Å². The lowest BCUT2D eigenvalue weighted by Crippen LogP contribution is -2.41. The van der Waals surface area contributed by atoms with Gasteiger partial charge in [-0.15, -0.1) is 0 Å². The zero-order valence-corrected chi connectivity index (χ0v) is 20.0. The number of para-hydroxylation sites is 1. The van der Waals surface area contributed by atoms with Crippen LogP contribution in [-0.2, 0) is 21.2 Å². The zero-order valence-electron chi connectivity index (χ0n) is 18.4. The summed E-state index contributed by atoms with van der Waals surface area (Å²) in [4.78, 5) is 13.0. The van der Waals surface area contributed by atoms with Crippen molar-refractivity contribution in [2.45, 2.75) is 38.1 Å². The molecule has 0 unspecified atom stereocenters. The topological polar surface area (TPSA) is 66.5 Å². The fourth-order valence-corrected chi connectivity index (χ4v) is 5.03. The summed E-state index contributed by atoms with van der Waals surface area (Å²) in [5.41, 5.74) is 3.38. The maximum atomic E-state index is 13.5. The lowest BCUT2D eigenvalue weighted by molar-refractivity contribution is -0.120. The number of benzene rings is 3. The van der Waals surface area contributed by atoms with E-state index in [-0.39, 0.29) is 17.5 Å². The zero-order chi connectivity index (χ0) is 23.3. The summed E-state index contributed by atoms with van der Waals surface area (Å²) in [7, 11) is -3.98. The van der Waals surface area contributed by atoms with E-state index in [1.165, 1.54) is 29.8 Å². The first-order valence-electron chi connectivity index (χ1n) is 10.4. The summed E-state index contributed by atoms with van der Waals surface area (Å²) in [6, 6.07) is 20.8. The number of hydrogen-bond acceptors (Lipinski definition) is 3. The van der Waals surface area contributed by atoms with Gasteiger partial charge in [0.15, 0.2) is 0 Å². The third kappa shape index (κ3) is 5.50. The molecule has 1 amide bonds. The average Bonchev–Trinajstić information content (AvgIpc) is 2.78. The Labute approximate surface area is 195 Å². The van der Waals surface area contributed by atoms with Crippen LogP contribution in [0.5, 0.6) is 0 Å². The van der Waals surface area contributed by atoms with Gasteiger partial charge in [0.1, 0.15) is 6.54 Å². The molecule has 168 valence electrons. The van der Waals surface area contributed by atoms with Gasteiger partial charge in [0, 0.05) is 5.02 Å². The van der Waals surface area contributed by atoms with E-state index < -0.39 is 15.9 Å². The minimum absolute atomic E-state index is 0.0705. The SMILES string of the molecule is CCc1ccc([C@@H](C)NC(=O)CN(c2ccccc2C)S(=O)(=O)c2ccc(Cl)cc2)cc1. The molecule has 0 radical (unpaired) electrons. The number of nitrogens with zero attached hydrogens (tertiary/aromatic N) is 1. The van der Waals surface area contributed by atoms with Crippen LogP contribution in [0.25, 0.3) is 0 Å². The first kappa shape index (κ1) is 23.8. The Morgan fingerprint density at radius 3 is 2.22 bits per heavy atom. The number of carbonyl (C=O) groups excluding carboxylic acids is 1. The first-order valence-corrected chi connectivity index (χ1v) is 12.3. The molecule has 7 heteroatoms. The van der Waals surface area contributed by atoms with Gasteiger partial charge >= 0.3 is 0 Å². The van der Waals surface area contributed by atoms with E-state index in [0.717, 1.165) is 21.9 Å². The van der Waals surface area contributed by atoms with Crippen LogP contribution in [0.4, 0.5) is 5.69 Å². The van der Waals surface area contributed by atoms with Gasteiger partial charge < -0.3 is 5.32 Å². The number of amides is 1. The predicted molar refractivity (Wildman–Crippen MR) is 130 cm³/mol. The molecule has 0 saturated heterocycles. The van der Waals surface area contributed by atoms with Crippen molar-refractivity contribution >= 4 is 33.2 Å². The van der Waals surface area contributed by atoms with Gasteiger partial charge in [-0.3, -0.25) is 9.10 Å².